The molecule has 0 bridgehead atoms. The first-order valence-corrected chi connectivity index (χ1v) is 5.24. The lowest BCUT2D eigenvalue weighted by atomic mass is 9.98. The smallest absolute Gasteiger partial charge is 0.0965 e. The Bertz CT molecular complexity index is 633. The molecule has 76 valence electrons. The molecule has 2 aromatic rings. The van der Waals surface area contributed by atoms with E-state index >= 15 is 0 Å². The van der Waals surface area contributed by atoms with Gasteiger partial charge in [-0.2, -0.15) is 5.26 Å². The van der Waals surface area contributed by atoms with Gasteiger partial charge in [0.05, 0.1) is 6.07 Å². The maximum absolute atomic E-state index is 8.87. The molecule has 3 rings (SSSR count). The van der Waals surface area contributed by atoms with Crippen LogP contribution in [0.25, 0.3) is 10.8 Å². The van der Waals surface area contributed by atoms with Gasteiger partial charge in [0, 0.05) is 23.9 Å². The van der Waals surface area contributed by atoms with Gasteiger partial charge >= 0.3 is 0 Å². The molecule has 16 heavy (non-hydrogen) atoms. The highest BCUT2D eigenvalue weighted by Crippen LogP contribution is 2.28. The van der Waals surface area contributed by atoms with E-state index in [9.17, 15) is 0 Å². The highest BCUT2D eigenvalue weighted by molar-refractivity contribution is 5.88. The predicted octanol–water partition coefficient (Wildman–Crippen LogP) is 3.22. The van der Waals surface area contributed by atoms with Crippen molar-refractivity contribution in [3.63, 3.8) is 0 Å². The van der Waals surface area contributed by atoms with Crippen molar-refractivity contribution in [2.75, 3.05) is 5.32 Å². The molecule has 2 nitrogen and oxygen atoms in total. The number of hydrogen-bond donors (Lipinski definition) is 1. The van der Waals surface area contributed by atoms with Crippen LogP contribution in [-0.4, -0.2) is 0 Å². The minimum absolute atomic E-state index is 0.726. The third-order valence-electron chi connectivity index (χ3n) is 2.90. The van der Waals surface area contributed by atoms with Crippen molar-refractivity contribution in [3.05, 3.63) is 53.7 Å². The maximum atomic E-state index is 8.87. The van der Waals surface area contributed by atoms with Crippen molar-refractivity contribution in [2.24, 2.45) is 0 Å². The molecule has 0 aromatic heterocycles. The van der Waals surface area contributed by atoms with Crippen molar-refractivity contribution < 1.29 is 0 Å². The molecule has 1 aliphatic heterocycles. The minimum atomic E-state index is 0.726. The topological polar surface area (TPSA) is 35.8 Å². The van der Waals surface area contributed by atoms with E-state index in [1.54, 1.807) is 6.20 Å². The molecular formula is C14H10N2. The number of allylic oxidation sites excluding steroid dienone is 1. The highest BCUT2D eigenvalue weighted by atomic mass is 14.9. The predicted molar refractivity (Wildman–Crippen MR) is 65.0 cm³/mol. The van der Waals surface area contributed by atoms with Crippen molar-refractivity contribution in [3.8, 4) is 6.07 Å². The summed E-state index contributed by atoms with van der Waals surface area (Å²) in [6.07, 6.45) is 2.51. The second-order valence-corrected chi connectivity index (χ2v) is 3.96. The van der Waals surface area contributed by atoms with Gasteiger partial charge in [0.25, 0.3) is 0 Å². The molecule has 1 aliphatic rings. The first kappa shape index (κ1) is 8.99. The maximum Gasteiger partial charge on any atom is 0.0965 e. The number of fused-ring (bicyclic) bond motifs is 2. The van der Waals surface area contributed by atoms with Gasteiger partial charge in [0.15, 0.2) is 0 Å². The lowest BCUT2D eigenvalue weighted by Crippen LogP contribution is -2.04. The Hall–Kier alpha value is -2.27. The van der Waals surface area contributed by atoms with Gasteiger partial charge in [-0.05, 0) is 28.5 Å². The van der Waals surface area contributed by atoms with E-state index in [1.807, 2.05) is 12.1 Å². The summed E-state index contributed by atoms with van der Waals surface area (Å²) < 4.78 is 0. The number of nitrogens with one attached hydrogen (secondary N) is 1. The second kappa shape index (κ2) is 3.39. The summed E-state index contributed by atoms with van der Waals surface area (Å²) in [6.45, 7) is 0. The monoisotopic (exact) mass is 206 g/mol. The normalized spacial score (nSPS) is 13.6. The fourth-order valence-electron chi connectivity index (χ4n) is 2.06. The Kier molecular flexibility index (Phi) is 1.91. The van der Waals surface area contributed by atoms with Gasteiger partial charge in [0.1, 0.15) is 0 Å². The van der Waals surface area contributed by atoms with Gasteiger partial charge in [0.2, 0.25) is 0 Å². The van der Waals surface area contributed by atoms with E-state index in [0.29, 0.717) is 0 Å². The van der Waals surface area contributed by atoms with Crippen LogP contribution in [0, 0.1) is 11.3 Å². The van der Waals surface area contributed by atoms with Gasteiger partial charge in [-0.25, -0.2) is 0 Å². The van der Waals surface area contributed by atoms with E-state index < -0.39 is 0 Å². The van der Waals surface area contributed by atoms with Crippen LogP contribution in [0.3, 0.4) is 0 Å². The summed E-state index contributed by atoms with van der Waals surface area (Å²) in [5.41, 5.74) is 3.08. The highest BCUT2D eigenvalue weighted by Gasteiger charge is 2.11. The summed E-state index contributed by atoms with van der Waals surface area (Å²) >= 11 is 0. The van der Waals surface area contributed by atoms with Gasteiger partial charge < -0.3 is 5.32 Å². The summed E-state index contributed by atoms with van der Waals surface area (Å²) in [5, 5.41) is 14.5. The van der Waals surface area contributed by atoms with E-state index in [0.717, 1.165) is 17.7 Å². The van der Waals surface area contributed by atoms with E-state index in [-0.39, 0.29) is 0 Å². The van der Waals surface area contributed by atoms with E-state index in [4.69, 9.17) is 5.26 Å². The Morgan fingerprint density at radius 2 is 1.88 bits per heavy atom. The largest absolute Gasteiger partial charge is 0.360 e. The molecular weight excluding hydrogens is 196 g/mol. The molecule has 1 N–H and O–H groups in total. The quantitative estimate of drug-likeness (QED) is 0.718. The summed E-state index contributed by atoms with van der Waals surface area (Å²) in [7, 11) is 0. The van der Waals surface area contributed by atoms with E-state index in [1.165, 1.54) is 16.3 Å². The molecule has 0 amide bonds. The molecule has 0 atom stereocenters. The van der Waals surface area contributed by atoms with Crippen molar-refractivity contribution in [1.29, 1.82) is 5.26 Å². The van der Waals surface area contributed by atoms with Gasteiger partial charge in [-0.1, -0.05) is 24.3 Å². The van der Waals surface area contributed by atoms with Crippen molar-refractivity contribution >= 4 is 16.5 Å². The number of nitriles is 1. The first-order chi connectivity index (χ1) is 7.86. The van der Waals surface area contributed by atoms with Crippen LogP contribution in [0.1, 0.15) is 5.56 Å². The number of rotatable bonds is 0. The third-order valence-corrected chi connectivity index (χ3v) is 2.90. The Labute approximate surface area is 93.8 Å². The number of hydrogen-bond acceptors (Lipinski definition) is 2. The average Bonchev–Trinajstić information content (AvgIpc) is 2.35. The van der Waals surface area contributed by atoms with E-state index in [2.05, 4.69) is 35.7 Å². The lowest BCUT2D eigenvalue weighted by molar-refractivity contribution is 1.16. The average molecular weight is 206 g/mol. The standard InChI is InChI=1S/C14H10N2/c15-8-10-5-13-6-11-3-1-2-4-12(11)7-14(13)16-9-10/h1-4,6-7,9,16H,5H2. The Morgan fingerprint density at radius 1 is 1.12 bits per heavy atom. The lowest BCUT2D eigenvalue weighted by Gasteiger charge is -2.15. The molecule has 0 unspecified atom stereocenters. The zero-order valence-electron chi connectivity index (χ0n) is 8.70. The molecule has 2 heteroatoms. The molecule has 0 spiro atoms. The van der Waals surface area contributed by atoms with Crippen LogP contribution in [0.5, 0.6) is 0 Å². The number of anilines is 1. The minimum Gasteiger partial charge on any atom is -0.360 e. The molecule has 2 aromatic carbocycles. The second-order valence-electron chi connectivity index (χ2n) is 3.96. The number of nitrogens with zero attached hydrogens (tertiary/aromatic N) is 1. The Balaban J connectivity index is 2.18. The van der Waals surface area contributed by atoms with Crippen LogP contribution >= 0.6 is 0 Å². The molecule has 0 saturated carbocycles. The van der Waals surface area contributed by atoms with Crippen molar-refractivity contribution in [1.82, 2.24) is 0 Å². The van der Waals surface area contributed by atoms with Crippen LogP contribution < -0.4 is 5.32 Å². The summed E-state index contributed by atoms with van der Waals surface area (Å²) in [4.78, 5) is 0. The third kappa shape index (κ3) is 1.34. The molecule has 0 aliphatic carbocycles. The summed E-state index contributed by atoms with van der Waals surface area (Å²) in [6, 6.07) is 14.7. The molecule has 1 heterocycles. The molecule has 0 radical (unpaired) electrons. The van der Waals surface area contributed by atoms with Crippen LogP contribution in [0.2, 0.25) is 0 Å². The number of benzene rings is 2. The zero-order valence-corrected chi connectivity index (χ0v) is 8.70. The zero-order chi connectivity index (χ0) is 11.0. The van der Waals surface area contributed by atoms with Gasteiger partial charge in [-0.15, -0.1) is 0 Å². The van der Waals surface area contributed by atoms with Crippen LogP contribution in [0.15, 0.2) is 48.2 Å². The molecule has 0 saturated heterocycles. The van der Waals surface area contributed by atoms with Gasteiger partial charge in [-0.3, -0.25) is 0 Å². The van der Waals surface area contributed by atoms with Crippen LogP contribution in [-0.2, 0) is 6.42 Å². The fourth-order valence-corrected chi connectivity index (χ4v) is 2.06. The SMILES string of the molecule is N#CC1=CNc2cc3ccccc3cc2C1. The fraction of sp³-hybridized carbons (Fsp3) is 0.0714. The van der Waals surface area contributed by atoms with Crippen molar-refractivity contribution in [2.45, 2.75) is 6.42 Å². The Morgan fingerprint density at radius 3 is 2.62 bits per heavy atom. The first-order valence-electron chi connectivity index (χ1n) is 5.24. The summed E-state index contributed by atoms with van der Waals surface area (Å²) in [5.74, 6) is 0. The van der Waals surface area contributed by atoms with Crippen LogP contribution in [0.4, 0.5) is 5.69 Å². The molecule has 0 fully saturated rings.